The Morgan fingerprint density at radius 3 is 2.89 bits per heavy atom. The molecule has 3 rings (SSSR count). The lowest BCUT2D eigenvalue weighted by Gasteiger charge is -2.38. The van der Waals surface area contributed by atoms with Gasteiger partial charge in [-0.25, -0.2) is 4.98 Å². The third-order valence-electron chi connectivity index (χ3n) is 4.28. The summed E-state index contributed by atoms with van der Waals surface area (Å²) in [6.07, 6.45) is 4.21. The highest BCUT2D eigenvalue weighted by Gasteiger charge is 2.42. The fraction of sp³-hybridized carbons (Fsp3) is 0.643. The molecule has 0 saturated carbocycles. The molecule has 2 aliphatic rings. The van der Waals surface area contributed by atoms with Crippen molar-refractivity contribution in [3.8, 4) is 0 Å². The molecule has 1 unspecified atom stereocenters. The van der Waals surface area contributed by atoms with Crippen molar-refractivity contribution in [3.05, 3.63) is 23.9 Å². The van der Waals surface area contributed by atoms with Gasteiger partial charge in [-0.1, -0.05) is 6.07 Å². The van der Waals surface area contributed by atoms with Gasteiger partial charge in [-0.05, 0) is 18.9 Å². The van der Waals surface area contributed by atoms with Gasteiger partial charge in [-0.2, -0.15) is 0 Å². The first kappa shape index (κ1) is 12.8. The molecule has 2 aliphatic heterocycles. The topological polar surface area (TPSA) is 71.6 Å². The summed E-state index contributed by atoms with van der Waals surface area (Å²) in [5.41, 5.74) is 6.89. The van der Waals surface area contributed by atoms with Crippen LogP contribution < -0.4 is 5.73 Å². The highest BCUT2D eigenvalue weighted by molar-refractivity contribution is 5.38. The number of aliphatic hydroxyl groups excluding tert-OH is 1. The zero-order valence-corrected chi connectivity index (χ0v) is 11.1. The molecule has 0 aromatic carbocycles. The maximum Gasteiger partial charge on any atom is 0.127 e. The maximum atomic E-state index is 9.62. The summed E-state index contributed by atoms with van der Waals surface area (Å²) in [6.45, 7) is 3.32. The molecule has 5 nitrogen and oxygen atoms in total. The van der Waals surface area contributed by atoms with Crippen LogP contribution in [0.3, 0.4) is 0 Å². The van der Waals surface area contributed by atoms with E-state index in [0.29, 0.717) is 12.4 Å². The number of hydrogen-bond acceptors (Lipinski definition) is 5. The molecule has 1 atom stereocenters. The van der Waals surface area contributed by atoms with Gasteiger partial charge < -0.3 is 15.6 Å². The lowest BCUT2D eigenvalue weighted by Crippen LogP contribution is -2.43. The van der Waals surface area contributed by atoms with Crippen LogP contribution in [0.4, 0.5) is 5.82 Å². The van der Waals surface area contributed by atoms with Crippen molar-refractivity contribution >= 4 is 5.82 Å². The average Bonchev–Trinajstić information content (AvgIpc) is 2.77. The molecule has 3 N–H and O–H groups in total. The predicted octanol–water partition coefficient (Wildman–Crippen LogP) is 0.780. The molecule has 19 heavy (non-hydrogen) atoms. The van der Waals surface area contributed by atoms with Gasteiger partial charge >= 0.3 is 0 Å². The van der Waals surface area contributed by atoms with E-state index >= 15 is 0 Å². The number of nitrogens with zero attached hydrogens (tertiary/aromatic N) is 2. The van der Waals surface area contributed by atoms with Gasteiger partial charge in [0.1, 0.15) is 5.82 Å². The third kappa shape index (κ3) is 2.73. The van der Waals surface area contributed by atoms with Crippen LogP contribution in [0, 0.1) is 0 Å². The van der Waals surface area contributed by atoms with Crippen LogP contribution >= 0.6 is 0 Å². The number of ether oxygens (including phenoxy) is 1. The van der Waals surface area contributed by atoms with Crippen molar-refractivity contribution in [1.29, 1.82) is 0 Å². The van der Waals surface area contributed by atoms with Crippen LogP contribution in [0.2, 0.25) is 0 Å². The second-order valence-corrected chi connectivity index (χ2v) is 5.68. The van der Waals surface area contributed by atoms with Crippen LogP contribution in [-0.4, -0.2) is 46.4 Å². The molecular weight excluding hydrogens is 242 g/mol. The molecule has 2 saturated heterocycles. The Morgan fingerprint density at radius 2 is 2.26 bits per heavy atom. The molecule has 3 heterocycles. The van der Waals surface area contributed by atoms with Crippen molar-refractivity contribution in [2.24, 2.45) is 0 Å². The number of hydrogen-bond donors (Lipinski definition) is 2. The summed E-state index contributed by atoms with van der Waals surface area (Å²) in [6, 6.07) is 3.95. The fourth-order valence-electron chi connectivity index (χ4n) is 3.11. The molecule has 0 amide bonds. The van der Waals surface area contributed by atoms with Crippen molar-refractivity contribution < 1.29 is 9.84 Å². The van der Waals surface area contributed by atoms with E-state index in [-0.39, 0.29) is 11.7 Å². The van der Waals surface area contributed by atoms with Crippen LogP contribution in [0.25, 0.3) is 0 Å². The molecule has 0 bridgehead atoms. The largest absolute Gasteiger partial charge is 0.391 e. The Bertz CT molecular complexity index is 444. The molecule has 0 aliphatic carbocycles. The van der Waals surface area contributed by atoms with Crippen LogP contribution in [-0.2, 0) is 11.3 Å². The quantitative estimate of drug-likeness (QED) is 0.825. The molecule has 0 radical (unpaired) electrons. The van der Waals surface area contributed by atoms with Gasteiger partial charge in [0.15, 0.2) is 0 Å². The minimum absolute atomic E-state index is 0.0730. The number of likely N-dealkylation sites (tertiary alicyclic amines) is 1. The number of piperidine rings is 1. The molecule has 1 aromatic rings. The van der Waals surface area contributed by atoms with Crippen molar-refractivity contribution in [1.82, 2.24) is 9.88 Å². The number of pyridine rings is 1. The van der Waals surface area contributed by atoms with Crippen LogP contribution in [0.15, 0.2) is 18.3 Å². The highest BCUT2D eigenvalue weighted by atomic mass is 16.5. The monoisotopic (exact) mass is 263 g/mol. The van der Waals surface area contributed by atoms with Crippen LogP contribution in [0.5, 0.6) is 0 Å². The third-order valence-corrected chi connectivity index (χ3v) is 4.28. The Balaban J connectivity index is 1.58. The lowest BCUT2D eigenvalue weighted by molar-refractivity contribution is -0.0456. The number of nitrogen functional groups attached to an aromatic ring is 1. The first-order valence-electron chi connectivity index (χ1n) is 6.91. The number of nitrogens with two attached hydrogens (primary N) is 1. The molecule has 104 valence electrons. The number of aromatic nitrogens is 1. The summed E-state index contributed by atoms with van der Waals surface area (Å²) in [7, 11) is 0. The van der Waals surface area contributed by atoms with Gasteiger partial charge in [0.25, 0.3) is 0 Å². The Hall–Kier alpha value is -1.17. The number of aliphatic hydroxyl groups is 1. The average molecular weight is 263 g/mol. The minimum atomic E-state index is -0.277. The molecule has 1 spiro atoms. The van der Waals surface area contributed by atoms with E-state index in [4.69, 9.17) is 10.5 Å². The zero-order valence-electron chi connectivity index (χ0n) is 11.1. The van der Waals surface area contributed by atoms with Gasteiger partial charge in [0, 0.05) is 37.8 Å². The molecular formula is C14H21N3O2. The van der Waals surface area contributed by atoms with Crippen molar-refractivity contribution in [2.45, 2.75) is 37.5 Å². The first-order chi connectivity index (χ1) is 9.17. The van der Waals surface area contributed by atoms with E-state index in [1.54, 1.807) is 6.20 Å². The second-order valence-electron chi connectivity index (χ2n) is 5.68. The number of rotatable bonds is 2. The zero-order chi connectivity index (χ0) is 13.3. The molecule has 5 heteroatoms. The van der Waals surface area contributed by atoms with E-state index in [2.05, 4.69) is 9.88 Å². The minimum Gasteiger partial charge on any atom is -0.391 e. The van der Waals surface area contributed by atoms with E-state index in [0.717, 1.165) is 44.5 Å². The number of anilines is 1. The Morgan fingerprint density at radius 1 is 1.47 bits per heavy atom. The standard InChI is InChI=1S/C14H21N3O2/c15-13-11(2-1-5-16-13)9-17-6-3-14(4-7-17)8-12(18)10-19-14/h1-2,5,12,18H,3-4,6-10H2,(H2,15,16). The molecule has 1 aromatic heterocycles. The highest BCUT2D eigenvalue weighted by Crippen LogP contribution is 2.36. The second kappa shape index (κ2) is 5.07. The van der Waals surface area contributed by atoms with E-state index in [9.17, 15) is 5.11 Å². The smallest absolute Gasteiger partial charge is 0.127 e. The van der Waals surface area contributed by atoms with Gasteiger partial charge in [-0.3, -0.25) is 4.90 Å². The first-order valence-corrected chi connectivity index (χ1v) is 6.91. The van der Waals surface area contributed by atoms with E-state index < -0.39 is 0 Å². The van der Waals surface area contributed by atoms with Crippen molar-refractivity contribution in [3.63, 3.8) is 0 Å². The van der Waals surface area contributed by atoms with Gasteiger partial charge in [-0.15, -0.1) is 0 Å². The van der Waals surface area contributed by atoms with Gasteiger partial charge in [0.05, 0.1) is 18.3 Å². The summed E-state index contributed by atoms with van der Waals surface area (Å²) in [4.78, 5) is 6.50. The summed E-state index contributed by atoms with van der Waals surface area (Å²) in [5.74, 6) is 0.621. The predicted molar refractivity (Wildman–Crippen MR) is 72.5 cm³/mol. The van der Waals surface area contributed by atoms with E-state index in [1.165, 1.54) is 0 Å². The summed E-state index contributed by atoms with van der Waals surface area (Å²) >= 11 is 0. The fourth-order valence-corrected chi connectivity index (χ4v) is 3.11. The summed E-state index contributed by atoms with van der Waals surface area (Å²) < 4.78 is 5.80. The van der Waals surface area contributed by atoms with E-state index in [1.807, 2.05) is 12.1 Å². The molecule has 2 fully saturated rings. The maximum absolute atomic E-state index is 9.62. The Labute approximate surface area is 113 Å². The summed E-state index contributed by atoms with van der Waals surface area (Å²) in [5, 5.41) is 9.62. The van der Waals surface area contributed by atoms with Crippen LogP contribution in [0.1, 0.15) is 24.8 Å². The normalized spacial score (nSPS) is 26.9. The SMILES string of the molecule is Nc1ncccc1CN1CCC2(CC1)CC(O)CO2. The lowest BCUT2D eigenvalue weighted by atomic mass is 9.88. The Kier molecular flexibility index (Phi) is 3.43. The van der Waals surface area contributed by atoms with Crippen molar-refractivity contribution in [2.75, 3.05) is 25.4 Å². The van der Waals surface area contributed by atoms with Gasteiger partial charge in [0.2, 0.25) is 0 Å².